The van der Waals surface area contributed by atoms with E-state index in [0.29, 0.717) is 36.4 Å². The molecule has 0 heterocycles. The van der Waals surface area contributed by atoms with Gasteiger partial charge in [0, 0.05) is 30.4 Å². The number of rotatable bonds is 11. The summed E-state index contributed by atoms with van der Waals surface area (Å²) < 4.78 is 4.98. The summed E-state index contributed by atoms with van der Waals surface area (Å²) in [7, 11) is 0. The molecule has 0 radical (unpaired) electrons. The SMILES string of the molecule is CCOC(=O)CCN(CC(=O)Nc1cccc(C(=O)NC2CC2)c1)CC1CC1. The molecular formula is C21H29N3O4. The fourth-order valence-corrected chi connectivity index (χ4v) is 3.02. The third-order valence-corrected chi connectivity index (χ3v) is 4.84. The van der Waals surface area contributed by atoms with Crippen molar-refractivity contribution in [1.29, 1.82) is 0 Å². The molecule has 7 heteroatoms. The van der Waals surface area contributed by atoms with Gasteiger partial charge in [0.15, 0.2) is 0 Å². The first kappa shape index (κ1) is 20.3. The largest absolute Gasteiger partial charge is 0.466 e. The standard InChI is InChI=1S/C21H29N3O4/c1-2-28-20(26)10-11-24(13-15-6-7-15)14-19(25)22-18-5-3-4-16(12-18)21(27)23-17-8-9-17/h3-5,12,15,17H,2,6-11,13-14H2,1H3,(H,22,25)(H,23,27). The molecular weight excluding hydrogens is 358 g/mol. The van der Waals surface area contributed by atoms with Crippen LogP contribution in [0.2, 0.25) is 0 Å². The van der Waals surface area contributed by atoms with E-state index >= 15 is 0 Å². The molecule has 2 N–H and O–H groups in total. The molecule has 0 aromatic heterocycles. The van der Waals surface area contributed by atoms with E-state index in [1.165, 1.54) is 12.8 Å². The highest BCUT2D eigenvalue weighted by atomic mass is 16.5. The maximum atomic E-state index is 12.5. The molecule has 0 bridgehead atoms. The van der Waals surface area contributed by atoms with E-state index in [9.17, 15) is 14.4 Å². The molecule has 2 aliphatic rings. The van der Waals surface area contributed by atoms with Crippen LogP contribution in [0.1, 0.15) is 49.4 Å². The lowest BCUT2D eigenvalue weighted by molar-refractivity contribution is -0.143. The van der Waals surface area contributed by atoms with Gasteiger partial charge in [-0.05, 0) is 56.7 Å². The first-order chi connectivity index (χ1) is 13.5. The Balaban J connectivity index is 1.51. The normalized spacial score (nSPS) is 15.9. The number of benzene rings is 1. The van der Waals surface area contributed by atoms with Gasteiger partial charge in [-0.15, -0.1) is 0 Å². The Bertz CT molecular complexity index is 713. The van der Waals surface area contributed by atoms with Crippen LogP contribution in [0.5, 0.6) is 0 Å². The monoisotopic (exact) mass is 387 g/mol. The molecule has 1 aromatic rings. The number of carbonyl (C=O) groups excluding carboxylic acids is 3. The predicted octanol–water partition coefficient (Wildman–Crippen LogP) is 2.18. The van der Waals surface area contributed by atoms with Gasteiger partial charge in [0.05, 0.1) is 19.6 Å². The molecule has 0 saturated heterocycles. The van der Waals surface area contributed by atoms with Gasteiger partial charge in [-0.3, -0.25) is 19.3 Å². The van der Waals surface area contributed by atoms with Crippen molar-refractivity contribution in [2.75, 3.05) is 31.6 Å². The maximum Gasteiger partial charge on any atom is 0.307 e. The lowest BCUT2D eigenvalue weighted by Gasteiger charge is -2.21. The molecule has 3 rings (SSSR count). The van der Waals surface area contributed by atoms with Gasteiger partial charge in [-0.1, -0.05) is 6.07 Å². The lowest BCUT2D eigenvalue weighted by Crippen LogP contribution is -2.36. The quantitative estimate of drug-likeness (QED) is 0.568. The minimum Gasteiger partial charge on any atom is -0.466 e. The first-order valence-electron chi connectivity index (χ1n) is 10.1. The smallest absolute Gasteiger partial charge is 0.307 e. The average Bonchev–Trinajstić information content (AvgIpc) is 3.57. The van der Waals surface area contributed by atoms with E-state index in [4.69, 9.17) is 4.74 Å². The number of nitrogens with zero attached hydrogens (tertiary/aromatic N) is 1. The van der Waals surface area contributed by atoms with Crippen LogP contribution >= 0.6 is 0 Å². The first-order valence-corrected chi connectivity index (χ1v) is 10.1. The van der Waals surface area contributed by atoms with E-state index in [1.54, 1.807) is 31.2 Å². The molecule has 0 unspecified atom stereocenters. The number of esters is 1. The van der Waals surface area contributed by atoms with Gasteiger partial charge in [0.1, 0.15) is 0 Å². The minimum absolute atomic E-state index is 0.108. The van der Waals surface area contributed by atoms with E-state index in [1.807, 2.05) is 4.90 Å². The highest BCUT2D eigenvalue weighted by Gasteiger charge is 2.26. The minimum atomic E-state index is -0.238. The number of amides is 2. The third kappa shape index (κ3) is 6.96. The van der Waals surface area contributed by atoms with E-state index in [0.717, 1.165) is 19.4 Å². The molecule has 2 fully saturated rings. The Hall–Kier alpha value is -2.41. The number of hydrogen-bond acceptors (Lipinski definition) is 5. The Morgan fingerprint density at radius 3 is 2.64 bits per heavy atom. The van der Waals surface area contributed by atoms with Gasteiger partial charge >= 0.3 is 5.97 Å². The summed E-state index contributed by atoms with van der Waals surface area (Å²) in [5.41, 5.74) is 1.15. The second-order valence-corrected chi connectivity index (χ2v) is 7.61. The van der Waals surface area contributed by atoms with Crippen molar-refractivity contribution in [3.8, 4) is 0 Å². The van der Waals surface area contributed by atoms with Crippen molar-refractivity contribution in [3.63, 3.8) is 0 Å². The molecule has 28 heavy (non-hydrogen) atoms. The van der Waals surface area contributed by atoms with Crippen LogP contribution in [-0.2, 0) is 14.3 Å². The molecule has 152 valence electrons. The molecule has 2 amide bonds. The zero-order valence-electron chi connectivity index (χ0n) is 16.4. The van der Waals surface area contributed by atoms with Crippen molar-refractivity contribution < 1.29 is 19.1 Å². The zero-order valence-corrected chi connectivity index (χ0v) is 16.4. The molecule has 2 aliphatic carbocycles. The summed E-state index contributed by atoms with van der Waals surface area (Å²) in [5.74, 6) is 0.121. The van der Waals surface area contributed by atoms with Crippen molar-refractivity contribution in [1.82, 2.24) is 10.2 Å². The van der Waals surface area contributed by atoms with Gasteiger partial charge in [0.2, 0.25) is 5.91 Å². The van der Waals surface area contributed by atoms with E-state index in [-0.39, 0.29) is 30.7 Å². The molecule has 7 nitrogen and oxygen atoms in total. The fraction of sp³-hybridized carbons (Fsp3) is 0.571. The summed E-state index contributed by atoms with van der Waals surface area (Å²) >= 11 is 0. The molecule has 2 saturated carbocycles. The summed E-state index contributed by atoms with van der Waals surface area (Å²) in [4.78, 5) is 38.3. The van der Waals surface area contributed by atoms with E-state index in [2.05, 4.69) is 10.6 Å². The van der Waals surface area contributed by atoms with Crippen molar-refractivity contribution in [2.24, 2.45) is 5.92 Å². The number of ether oxygens (including phenoxy) is 1. The van der Waals surface area contributed by atoms with Gasteiger partial charge in [-0.2, -0.15) is 0 Å². The van der Waals surface area contributed by atoms with Crippen molar-refractivity contribution in [2.45, 2.75) is 45.1 Å². The third-order valence-electron chi connectivity index (χ3n) is 4.84. The topological polar surface area (TPSA) is 87.7 Å². The number of nitrogens with one attached hydrogen (secondary N) is 2. The van der Waals surface area contributed by atoms with Gasteiger partial charge in [0.25, 0.3) is 5.91 Å². The molecule has 0 atom stereocenters. The van der Waals surface area contributed by atoms with Crippen molar-refractivity contribution >= 4 is 23.5 Å². The highest BCUT2D eigenvalue weighted by molar-refractivity contribution is 5.97. The van der Waals surface area contributed by atoms with Crippen LogP contribution in [0.4, 0.5) is 5.69 Å². The Morgan fingerprint density at radius 2 is 1.96 bits per heavy atom. The molecule has 1 aromatic carbocycles. The highest BCUT2D eigenvalue weighted by Crippen LogP contribution is 2.29. The lowest BCUT2D eigenvalue weighted by atomic mass is 10.2. The molecule has 0 spiro atoms. The summed E-state index contributed by atoms with van der Waals surface area (Å²) in [6.45, 7) is 3.69. The Kier molecular flexibility index (Phi) is 7.03. The second-order valence-electron chi connectivity index (χ2n) is 7.61. The molecule has 0 aliphatic heterocycles. The Morgan fingerprint density at radius 1 is 1.18 bits per heavy atom. The van der Waals surface area contributed by atoms with Crippen LogP contribution in [-0.4, -0.2) is 55.0 Å². The van der Waals surface area contributed by atoms with Gasteiger partial charge < -0.3 is 15.4 Å². The Labute approximate surface area is 165 Å². The summed E-state index contributed by atoms with van der Waals surface area (Å²) in [6.07, 6.45) is 4.70. The number of anilines is 1. The van der Waals surface area contributed by atoms with Crippen LogP contribution in [0, 0.1) is 5.92 Å². The summed E-state index contributed by atoms with van der Waals surface area (Å²) in [5, 5.41) is 5.81. The van der Waals surface area contributed by atoms with E-state index < -0.39 is 0 Å². The fourth-order valence-electron chi connectivity index (χ4n) is 3.02. The number of carbonyl (C=O) groups is 3. The summed E-state index contributed by atoms with van der Waals surface area (Å²) in [6, 6.07) is 7.27. The van der Waals surface area contributed by atoms with Crippen LogP contribution in [0.25, 0.3) is 0 Å². The number of hydrogen-bond donors (Lipinski definition) is 2. The zero-order chi connectivity index (χ0) is 19.9. The van der Waals surface area contributed by atoms with Crippen LogP contribution < -0.4 is 10.6 Å². The average molecular weight is 387 g/mol. The van der Waals surface area contributed by atoms with Crippen LogP contribution in [0.15, 0.2) is 24.3 Å². The van der Waals surface area contributed by atoms with Gasteiger partial charge in [-0.25, -0.2) is 0 Å². The van der Waals surface area contributed by atoms with Crippen molar-refractivity contribution in [3.05, 3.63) is 29.8 Å². The second kappa shape index (κ2) is 9.68. The van der Waals surface area contributed by atoms with Crippen LogP contribution in [0.3, 0.4) is 0 Å². The maximum absolute atomic E-state index is 12.5. The predicted molar refractivity (Wildman–Crippen MR) is 106 cm³/mol.